The summed E-state index contributed by atoms with van der Waals surface area (Å²) in [6, 6.07) is 9.98. The summed E-state index contributed by atoms with van der Waals surface area (Å²) in [5.41, 5.74) is 1.07. The van der Waals surface area contributed by atoms with Gasteiger partial charge in [-0.2, -0.15) is 0 Å². The maximum absolute atomic E-state index is 12.4. The third-order valence-corrected chi connectivity index (χ3v) is 3.41. The van der Waals surface area contributed by atoms with Gasteiger partial charge in [-0.3, -0.25) is 4.79 Å². The summed E-state index contributed by atoms with van der Waals surface area (Å²) in [6.07, 6.45) is 3.30. The molecule has 1 rings (SSSR count). The van der Waals surface area contributed by atoms with Crippen molar-refractivity contribution in [1.82, 2.24) is 5.32 Å². The number of rotatable bonds is 8. The van der Waals surface area contributed by atoms with Gasteiger partial charge in [-0.05, 0) is 24.8 Å². The molecule has 0 aromatic heterocycles. The van der Waals surface area contributed by atoms with Crippen LogP contribution >= 0.6 is 0 Å². The van der Waals surface area contributed by atoms with Crippen LogP contribution in [0.2, 0.25) is 0 Å². The molecule has 1 amide bonds. The molecule has 0 aliphatic heterocycles. The zero-order valence-electron chi connectivity index (χ0n) is 11.9. The summed E-state index contributed by atoms with van der Waals surface area (Å²) in [7, 11) is 0. The third-order valence-electron chi connectivity index (χ3n) is 3.41. The van der Waals surface area contributed by atoms with Crippen LogP contribution in [0.25, 0.3) is 0 Å². The number of aliphatic hydroxyl groups is 1. The molecule has 19 heavy (non-hydrogen) atoms. The van der Waals surface area contributed by atoms with Crippen LogP contribution in [-0.2, 0) is 4.79 Å². The monoisotopic (exact) mass is 263 g/mol. The van der Waals surface area contributed by atoms with E-state index in [0.717, 1.165) is 24.8 Å². The Morgan fingerprint density at radius 2 is 1.89 bits per heavy atom. The Labute approximate surface area is 116 Å². The Hall–Kier alpha value is -1.35. The van der Waals surface area contributed by atoms with Gasteiger partial charge in [-0.1, -0.05) is 50.6 Å². The van der Waals surface area contributed by atoms with Crippen LogP contribution in [0.4, 0.5) is 0 Å². The molecule has 0 bridgehead atoms. The van der Waals surface area contributed by atoms with E-state index < -0.39 is 0 Å². The van der Waals surface area contributed by atoms with E-state index in [1.807, 2.05) is 37.3 Å². The SMILES string of the molecule is CCCC(C(=O)NC(CC)CCO)c1ccccc1. The Morgan fingerprint density at radius 1 is 1.21 bits per heavy atom. The van der Waals surface area contributed by atoms with Gasteiger partial charge >= 0.3 is 0 Å². The number of nitrogens with one attached hydrogen (secondary N) is 1. The van der Waals surface area contributed by atoms with Crippen LogP contribution in [0, 0.1) is 0 Å². The molecule has 1 aromatic rings. The summed E-state index contributed by atoms with van der Waals surface area (Å²) in [5, 5.41) is 12.0. The van der Waals surface area contributed by atoms with Crippen molar-refractivity contribution in [3.63, 3.8) is 0 Å². The van der Waals surface area contributed by atoms with Crippen molar-refractivity contribution in [2.75, 3.05) is 6.61 Å². The van der Waals surface area contributed by atoms with Crippen molar-refractivity contribution in [1.29, 1.82) is 0 Å². The van der Waals surface area contributed by atoms with Gasteiger partial charge in [0.25, 0.3) is 0 Å². The second-order valence-electron chi connectivity index (χ2n) is 4.88. The lowest BCUT2D eigenvalue weighted by Crippen LogP contribution is -2.38. The molecule has 2 N–H and O–H groups in total. The van der Waals surface area contributed by atoms with Gasteiger partial charge in [0.15, 0.2) is 0 Å². The minimum absolute atomic E-state index is 0.0700. The molecule has 0 saturated heterocycles. The number of hydrogen-bond acceptors (Lipinski definition) is 2. The predicted molar refractivity (Wildman–Crippen MR) is 78.0 cm³/mol. The van der Waals surface area contributed by atoms with Crippen LogP contribution in [-0.4, -0.2) is 23.7 Å². The predicted octanol–water partition coefficient (Wildman–Crippen LogP) is 2.85. The largest absolute Gasteiger partial charge is 0.396 e. The summed E-state index contributed by atoms with van der Waals surface area (Å²) >= 11 is 0. The van der Waals surface area contributed by atoms with Crippen LogP contribution < -0.4 is 5.32 Å². The van der Waals surface area contributed by atoms with Crippen molar-refractivity contribution in [3.8, 4) is 0 Å². The summed E-state index contributed by atoms with van der Waals surface area (Å²) < 4.78 is 0. The first-order chi connectivity index (χ1) is 9.22. The van der Waals surface area contributed by atoms with Gasteiger partial charge in [0.1, 0.15) is 0 Å². The average molecular weight is 263 g/mol. The minimum atomic E-state index is -0.0843. The lowest BCUT2D eigenvalue weighted by molar-refractivity contribution is -0.123. The van der Waals surface area contributed by atoms with E-state index in [1.165, 1.54) is 0 Å². The molecule has 106 valence electrons. The number of benzene rings is 1. The quantitative estimate of drug-likeness (QED) is 0.757. The molecule has 2 atom stereocenters. The first-order valence-electron chi connectivity index (χ1n) is 7.19. The maximum atomic E-state index is 12.4. The number of carbonyl (C=O) groups is 1. The van der Waals surface area contributed by atoms with Crippen LogP contribution in [0.3, 0.4) is 0 Å². The Bertz CT molecular complexity index is 364. The molecule has 3 heteroatoms. The maximum Gasteiger partial charge on any atom is 0.227 e. The molecule has 1 aromatic carbocycles. The van der Waals surface area contributed by atoms with Crippen LogP contribution in [0.5, 0.6) is 0 Å². The molecule has 0 spiro atoms. The average Bonchev–Trinajstić information content (AvgIpc) is 2.45. The van der Waals surface area contributed by atoms with E-state index in [4.69, 9.17) is 5.11 Å². The molecule has 0 radical (unpaired) electrons. The Morgan fingerprint density at radius 3 is 2.42 bits per heavy atom. The second-order valence-corrected chi connectivity index (χ2v) is 4.88. The molecule has 2 unspecified atom stereocenters. The molecule has 3 nitrogen and oxygen atoms in total. The third kappa shape index (κ3) is 5.03. The molecule has 0 fully saturated rings. The highest BCUT2D eigenvalue weighted by atomic mass is 16.3. The molecule has 0 saturated carbocycles. The fraction of sp³-hybridized carbons (Fsp3) is 0.562. The normalized spacial score (nSPS) is 13.8. The number of hydrogen-bond donors (Lipinski definition) is 2. The Balaban J connectivity index is 2.73. The highest BCUT2D eigenvalue weighted by Gasteiger charge is 2.21. The number of aliphatic hydroxyl groups excluding tert-OH is 1. The van der Waals surface area contributed by atoms with Gasteiger partial charge in [0, 0.05) is 12.6 Å². The van der Waals surface area contributed by atoms with E-state index in [0.29, 0.717) is 6.42 Å². The topological polar surface area (TPSA) is 49.3 Å². The number of carbonyl (C=O) groups excluding carboxylic acids is 1. The molecular formula is C16H25NO2. The highest BCUT2D eigenvalue weighted by molar-refractivity contribution is 5.83. The van der Waals surface area contributed by atoms with Crippen molar-refractivity contribution in [2.45, 2.75) is 51.5 Å². The lowest BCUT2D eigenvalue weighted by atomic mass is 9.93. The summed E-state index contributed by atoms with van der Waals surface area (Å²) in [6.45, 7) is 4.23. The highest BCUT2D eigenvalue weighted by Crippen LogP contribution is 2.21. The standard InChI is InChI=1S/C16H25NO2/c1-3-8-15(13-9-6-5-7-10-13)16(19)17-14(4-2)11-12-18/h5-7,9-10,14-15,18H,3-4,8,11-12H2,1-2H3,(H,17,19). The molecular weight excluding hydrogens is 238 g/mol. The first-order valence-corrected chi connectivity index (χ1v) is 7.19. The summed E-state index contributed by atoms with van der Waals surface area (Å²) in [5.74, 6) is -0.00714. The van der Waals surface area contributed by atoms with Gasteiger partial charge < -0.3 is 10.4 Å². The summed E-state index contributed by atoms with van der Waals surface area (Å²) in [4.78, 5) is 12.4. The van der Waals surface area contributed by atoms with Crippen LogP contribution in [0.15, 0.2) is 30.3 Å². The van der Waals surface area contributed by atoms with Gasteiger partial charge in [0.2, 0.25) is 5.91 Å². The fourth-order valence-electron chi connectivity index (χ4n) is 2.26. The van der Waals surface area contributed by atoms with E-state index in [2.05, 4.69) is 12.2 Å². The Kier molecular flexibility index (Phi) is 7.19. The van der Waals surface area contributed by atoms with Gasteiger partial charge in [-0.25, -0.2) is 0 Å². The smallest absolute Gasteiger partial charge is 0.227 e. The van der Waals surface area contributed by atoms with E-state index >= 15 is 0 Å². The fourth-order valence-corrected chi connectivity index (χ4v) is 2.26. The van der Waals surface area contributed by atoms with Crippen molar-refractivity contribution in [2.24, 2.45) is 0 Å². The molecule has 0 heterocycles. The van der Waals surface area contributed by atoms with Crippen molar-refractivity contribution in [3.05, 3.63) is 35.9 Å². The van der Waals surface area contributed by atoms with Crippen molar-refractivity contribution < 1.29 is 9.90 Å². The second kappa shape index (κ2) is 8.70. The van der Waals surface area contributed by atoms with E-state index in [-0.39, 0.29) is 24.5 Å². The lowest BCUT2D eigenvalue weighted by Gasteiger charge is -2.21. The molecule has 0 aliphatic carbocycles. The van der Waals surface area contributed by atoms with Gasteiger partial charge in [-0.15, -0.1) is 0 Å². The number of amides is 1. The first kappa shape index (κ1) is 15.7. The molecule has 0 aliphatic rings. The van der Waals surface area contributed by atoms with Gasteiger partial charge in [0.05, 0.1) is 5.92 Å². The zero-order valence-corrected chi connectivity index (χ0v) is 11.9. The minimum Gasteiger partial charge on any atom is -0.396 e. The van der Waals surface area contributed by atoms with E-state index in [1.54, 1.807) is 0 Å². The van der Waals surface area contributed by atoms with Crippen LogP contribution in [0.1, 0.15) is 51.0 Å². The zero-order chi connectivity index (χ0) is 14.1. The van der Waals surface area contributed by atoms with Crippen molar-refractivity contribution >= 4 is 5.91 Å². The van der Waals surface area contributed by atoms with E-state index in [9.17, 15) is 4.79 Å².